The highest BCUT2D eigenvalue weighted by Crippen LogP contribution is 2.42. The minimum Gasteiger partial charge on any atom is -0.326 e. The Bertz CT molecular complexity index is 814. The molecule has 0 aliphatic carbocycles. The van der Waals surface area contributed by atoms with Gasteiger partial charge in [-0.2, -0.15) is 0 Å². The van der Waals surface area contributed by atoms with E-state index < -0.39 is 0 Å². The van der Waals surface area contributed by atoms with Crippen LogP contribution in [0.1, 0.15) is 41.8 Å². The summed E-state index contributed by atoms with van der Waals surface area (Å²) in [5.74, 6) is 0.598. The maximum absolute atomic E-state index is 12.6. The normalized spacial score (nSPS) is 16.8. The van der Waals surface area contributed by atoms with Gasteiger partial charge in [-0.3, -0.25) is 14.5 Å². The number of carbonyl (C=O) groups excluding carboxylic acids is 2. The molecule has 1 fully saturated rings. The minimum atomic E-state index is -0.0771. The van der Waals surface area contributed by atoms with Crippen LogP contribution in [-0.4, -0.2) is 17.6 Å². The van der Waals surface area contributed by atoms with Crippen molar-refractivity contribution in [3.05, 3.63) is 59.2 Å². The van der Waals surface area contributed by atoms with Gasteiger partial charge in [0.15, 0.2) is 0 Å². The van der Waals surface area contributed by atoms with Crippen molar-refractivity contribution in [2.45, 2.75) is 39.0 Å². The standard InChI is InChI=1S/C21H24N2O2S/c1-4-6-19(24)22-17-8-5-7-16(12-17)21-23(20(25)13-26-21)18-10-14(2)9-15(3)11-18/h5,7-12,21H,4,6,13H2,1-3H3,(H,22,24). The number of nitrogens with zero attached hydrogens (tertiary/aromatic N) is 1. The number of hydrogen-bond donors (Lipinski definition) is 1. The third-order valence-electron chi connectivity index (χ3n) is 4.29. The van der Waals surface area contributed by atoms with Crippen molar-refractivity contribution in [2.75, 3.05) is 16.0 Å². The molecule has 1 atom stereocenters. The molecule has 5 heteroatoms. The van der Waals surface area contributed by atoms with Crippen LogP contribution in [0.3, 0.4) is 0 Å². The highest BCUT2D eigenvalue weighted by Gasteiger charge is 2.34. The lowest BCUT2D eigenvalue weighted by molar-refractivity contribution is -0.116. The Balaban J connectivity index is 1.90. The zero-order chi connectivity index (χ0) is 18.7. The highest BCUT2D eigenvalue weighted by atomic mass is 32.2. The van der Waals surface area contributed by atoms with Crippen molar-refractivity contribution < 1.29 is 9.59 Å². The summed E-state index contributed by atoms with van der Waals surface area (Å²) in [6, 6.07) is 14.0. The van der Waals surface area contributed by atoms with Gasteiger partial charge in [-0.25, -0.2) is 0 Å². The van der Waals surface area contributed by atoms with E-state index in [-0.39, 0.29) is 17.2 Å². The van der Waals surface area contributed by atoms with Crippen molar-refractivity contribution in [1.82, 2.24) is 0 Å². The van der Waals surface area contributed by atoms with Gasteiger partial charge in [-0.05, 0) is 61.2 Å². The van der Waals surface area contributed by atoms with Crippen molar-refractivity contribution in [3.8, 4) is 0 Å². The van der Waals surface area contributed by atoms with Crippen LogP contribution < -0.4 is 10.2 Å². The molecule has 2 amide bonds. The lowest BCUT2D eigenvalue weighted by atomic mass is 10.1. The van der Waals surface area contributed by atoms with Crippen molar-refractivity contribution in [3.63, 3.8) is 0 Å². The number of anilines is 2. The summed E-state index contributed by atoms with van der Waals surface area (Å²) in [5, 5.41) is 2.86. The van der Waals surface area contributed by atoms with Crippen molar-refractivity contribution in [2.24, 2.45) is 0 Å². The van der Waals surface area contributed by atoms with E-state index in [1.807, 2.05) is 49.9 Å². The Hall–Kier alpha value is -2.27. The van der Waals surface area contributed by atoms with Crippen LogP contribution in [0.15, 0.2) is 42.5 Å². The molecule has 1 saturated heterocycles. The van der Waals surface area contributed by atoms with E-state index in [4.69, 9.17) is 0 Å². The Morgan fingerprint density at radius 3 is 2.62 bits per heavy atom. The third-order valence-corrected chi connectivity index (χ3v) is 5.50. The first-order valence-corrected chi connectivity index (χ1v) is 9.94. The lowest BCUT2D eigenvalue weighted by Gasteiger charge is -2.25. The summed E-state index contributed by atoms with van der Waals surface area (Å²) in [7, 11) is 0. The first-order chi connectivity index (χ1) is 12.5. The average molecular weight is 369 g/mol. The third kappa shape index (κ3) is 4.10. The summed E-state index contributed by atoms with van der Waals surface area (Å²) in [6.07, 6.45) is 1.33. The van der Waals surface area contributed by atoms with Crippen molar-refractivity contribution in [1.29, 1.82) is 0 Å². The molecular weight excluding hydrogens is 344 g/mol. The smallest absolute Gasteiger partial charge is 0.238 e. The largest absolute Gasteiger partial charge is 0.326 e. The molecule has 136 valence electrons. The molecule has 0 radical (unpaired) electrons. The molecule has 1 unspecified atom stereocenters. The second-order valence-electron chi connectivity index (χ2n) is 6.70. The topological polar surface area (TPSA) is 49.4 Å². The Morgan fingerprint density at radius 1 is 1.19 bits per heavy atom. The van der Waals surface area contributed by atoms with E-state index in [9.17, 15) is 9.59 Å². The SMILES string of the molecule is CCCC(=O)Nc1cccc(C2SCC(=O)N2c2cc(C)cc(C)c2)c1. The van der Waals surface area contributed by atoms with E-state index in [0.717, 1.165) is 34.5 Å². The Labute approximate surface area is 159 Å². The number of carbonyl (C=O) groups is 2. The molecule has 1 N–H and O–H groups in total. The summed E-state index contributed by atoms with van der Waals surface area (Å²) in [4.78, 5) is 26.3. The molecule has 0 spiro atoms. The first kappa shape index (κ1) is 18.5. The maximum Gasteiger partial charge on any atom is 0.238 e. The predicted octanol–water partition coefficient (Wildman–Crippen LogP) is 4.82. The predicted molar refractivity (Wildman–Crippen MR) is 109 cm³/mol. The number of aryl methyl sites for hydroxylation is 2. The van der Waals surface area contributed by atoms with Gasteiger partial charge in [0.25, 0.3) is 0 Å². The number of thioether (sulfide) groups is 1. The van der Waals surface area contributed by atoms with Crippen LogP contribution >= 0.6 is 11.8 Å². The van der Waals surface area contributed by atoms with Crippen LogP contribution in [0.5, 0.6) is 0 Å². The summed E-state index contributed by atoms with van der Waals surface area (Å²) >= 11 is 1.62. The molecule has 26 heavy (non-hydrogen) atoms. The number of amides is 2. The zero-order valence-electron chi connectivity index (χ0n) is 15.4. The molecule has 0 aromatic heterocycles. The summed E-state index contributed by atoms with van der Waals surface area (Å²) in [5.41, 5.74) is 5.02. The van der Waals surface area contributed by atoms with Gasteiger partial charge in [0.2, 0.25) is 11.8 Å². The molecule has 0 bridgehead atoms. The fraction of sp³-hybridized carbons (Fsp3) is 0.333. The van der Waals surface area contributed by atoms with E-state index >= 15 is 0 Å². The number of hydrogen-bond acceptors (Lipinski definition) is 3. The number of benzene rings is 2. The summed E-state index contributed by atoms with van der Waals surface area (Å²) in [6.45, 7) is 6.07. The van der Waals surface area contributed by atoms with Crippen LogP contribution in [0.4, 0.5) is 11.4 Å². The van der Waals surface area contributed by atoms with E-state index in [2.05, 4.69) is 23.5 Å². The molecule has 2 aromatic rings. The molecule has 0 saturated carbocycles. The first-order valence-electron chi connectivity index (χ1n) is 8.89. The van der Waals surface area contributed by atoms with Crippen LogP contribution in [-0.2, 0) is 9.59 Å². The van der Waals surface area contributed by atoms with Gasteiger partial charge in [0.1, 0.15) is 5.37 Å². The van der Waals surface area contributed by atoms with E-state index in [1.54, 1.807) is 11.8 Å². The molecule has 3 rings (SSSR count). The summed E-state index contributed by atoms with van der Waals surface area (Å²) < 4.78 is 0. The second kappa shape index (κ2) is 7.96. The number of nitrogens with one attached hydrogen (secondary N) is 1. The molecule has 1 aliphatic heterocycles. The highest BCUT2D eigenvalue weighted by molar-refractivity contribution is 8.00. The van der Waals surface area contributed by atoms with Crippen LogP contribution in [0, 0.1) is 13.8 Å². The lowest BCUT2D eigenvalue weighted by Crippen LogP contribution is -2.28. The zero-order valence-corrected chi connectivity index (χ0v) is 16.2. The quantitative estimate of drug-likeness (QED) is 0.823. The van der Waals surface area contributed by atoms with Gasteiger partial charge in [-0.15, -0.1) is 11.8 Å². The van der Waals surface area contributed by atoms with Gasteiger partial charge in [-0.1, -0.05) is 25.1 Å². The molecule has 2 aromatic carbocycles. The Kier molecular flexibility index (Phi) is 5.67. The second-order valence-corrected chi connectivity index (χ2v) is 7.77. The number of rotatable bonds is 5. The molecule has 4 nitrogen and oxygen atoms in total. The van der Waals surface area contributed by atoms with Crippen LogP contribution in [0.2, 0.25) is 0 Å². The van der Waals surface area contributed by atoms with E-state index in [1.165, 1.54) is 0 Å². The Morgan fingerprint density at radius 2 is 1.92 bits per heavy atom. The fourth-order valence-corrected chi connectivity index (χ4v) is 4.43. The van der Waals surface area contributed by atoms with Crippen molar-refractivity contribution >= 4 is 35.0 Å². The molecule has 1 heterocycles. The van der Waals surface area contributed by atoms with Gasteiger partial charge < -0.3 is 5.32 Å². The average Bonchev–Trinajstić information content (AvgIpc) is 2.96. The molecular formula is C21H24N2O2S. The maximum atomic E-state index is 12.6. The van der Waals surface area contributed by atoms with Crippen LogP contribution in [0.25, 0.3) is 0 Å². The monoisotopic (exact) mass is 368 g/mol. The minimum absolute atomic E-state index is 0.0194. The van der Waals surface area contributed by atoms with Gasteiger partial charge in [0, 0.05) is 17.8 Å². The van der Waals surface area contributed by atoms with E-state index in [0.29, 0.717) is 12.2 Å². The van der Waals surface area contributed by atoms with Gasteiger partial charge in [0.05, 0.1) is 5.75 Å². The fourth-order valence-electron chi connectivity index (χ4n) is 3.26. The molecule has 1 aliphatic rings. The van der Waals surface area contributed by atoms with Gasteiger partial charge >= 0.3 is 0 Å².